The molecule has 0 atom stereocenters. The fourth-order valence-electron chi connectivity index (χ4n) is 6.55. The van der Waals surface area contributed by atoms with E-state index in [2.05, 4.69) is 97.9 Å². The molecule has 2 heteroatoms. The summed E-state index contributed by atoms with van der Waals surface area (Å²) in [5.74, 6) is 3.45. The number of rotatable bonds is 0. The molecule has 0 bridgehead atoms. The molecule has 0 saturated carbocycles. The van der Waals surface area contributed by atoms with Crippen LogP contribution in [0.4, 0.5) is 0 Å². The second kappa shape index (κ2) is 6.30. The topological polar surface area (TPSA) is 18.5 Å². The average Bonchev–Trinajstić information content (AvgIpc) is 3.35. The van der Waals surface area contributed by atoms with E-state index in [1.54, 1.807) is 0 Å². The molecule has 4 aromatic rings. The highest BCUT2D eigenvalue weighted by Crippen LogP contribution is 2.65. The van der Waals surface area contributed by atoms with E-state index in [4.69, 9.17) is 9.47 Å². The molecule has 2 nitrogen and oxygen atoms in total. The van der Waals surface area contributed by atoms with Crippen LogP contribution in [0.5, 0.6) is 11.5 Å². The molecule has 0 radical (unpaired) electrons. The molecule has 1 spiro atoms. The van der Waals surface area contributed by atoms with Crippen molar-refractivity contribution in [3.63, 3.8) is 0 Å². The van der Waals surface area contributed by atoms with Gasteiger partial charge >= 0.3 is 0 Å². The largest absolute Gasteiger partial charge is 0.454 e. The van der Waals surface area contributed by atoms with Crippen molar-refractivity contribution in [2.75, 3.05) is 0 Å². The highest BCUT2D eigenvalue weighted by molar-refractivity contribution is 5.97. The first-order valence-corrected chi connectivity index (χ1v) is 12.0. The summed E-state index contributed by atoms with van der Waals surface area (Å²) in [4.78, 5) is 0. The van der Waals surface area contributed by atoms with Crippen molar-refractivity contribution in [2.24, 2.45) is 0 Å². The Morgan fingerprint density at radius 2 is 1.24 bits per heavy atom. The standard InChI is InChI=1S/C32H22O2/c1-19-14-16-27-29(18-19)34-31-28(33-27)17-15-26-30(31)22-10-4-7-13-25(22)32(26)23-11-5-2-8-20(23)21-9-3-6-12-24(21)32/h2-13,15,17-18H,14,16H2,1H3. The van der Waals surface area contributed by atoms with Crippen molar-refractivity contribution in [2.45, 2.75) is 25.2 Å². The normalized spacial score (nSPS) is 17.5. The van der Waals surface area contributed by atoms with Crippen molar-refractivity contribution in [1.82, 2.24) is 0 Å². The zero-order chi connectivity index (χ0) is 22.4. The van der Waals surface area contributed by atoms with Crippen LogP contribution < -0.4 is 9.47 Å². The van der Waals surface area contributed by atoms with E-state index < -0.39 is 0 Å². The molecule has 0 N–H and O–H groups in total. The molecular weight excluding hydrogens is 416 g/mol. The lowest BCUT2D eigenvalue weighted by Crippen LogP contribution is -2.26. The molecule has 162 valence electrons. The van der Waals surface area contributed by atoms with Gasteiger partial charge in [-0.3, -0.25) is 0 Å². The number of benzene rings is 4. The van der Waals surface area contributed by atoms with E-state index in [-0.39, 0.29) is 5.41 Å². The lowest BCUT2D eigenvalue weighted by Gasteiger charge is -2.31. The number of hydrogen-bond acceptors (Lipinski definition) is 2. The Kier molecular flexibility index (Phi) is 3.41. The van der Waals surface area contributed by atoms with Crippen LogP contribution >= 0.6 is 0 Å². The third-order valence-electron chi connectivity index (χ3n) is 7.92. The Hall–Kier alpha value is -4.04. The summed E-state index contributed by atoms with van der Waals surface area (Å²) in [6.45, 7) is 2.16. The number of allylic oxidation sites excluding steroid dienone is 3. The summed E-state index contributed by atoms with van der Waals surface area (Å²) in [7, 11) is 0. The third kappa shape index (κ3) is 2.08. The summed E-state index contributed by atoms with van der Waals surface area (Å²) in [5.41, 5.74) is 11.2. The molecule has 0 unspecified atom stereocenters. The lowest BCUT2D eigenvalue weighted by molar-refractivity contribution is 0.289. The van der Waals surface area contributed by atoms with Crippen molar-refractivity contribution >= 4 is 0 Å². The first kappa shape index (κ1) is 18.4. The van der Waals surface area contributed by atoms with E-state index in [0.29, 0.717) is 0 Å². The zero-order valence-electron chi connectivity index (χ0n) is 18.9. The molecule has 0 fully saturated rings. The van der Waals surface area contributed by atoms with Crippen LogP contribution in [-0.2, 0) is 5.41 Å². The van der Waals surface area contributed by atoms with Crippen LogP contribution in [0, 0.1) is 0 Å². The van der Waals surface area contributed by atoms with E-state index in [0.717, 1.165) is 41.4 Å². The molecule has 0 amide bonds. The Morgan fingerprint density at radius 3 is 1.94 bits per heavy atom. The first-order chi connectivity index (χ1) is 16.8. The average molecular weight is 439 g/mol. The smallest absolute Gasteiger partial charge is 0.178 e. The quantitative estimate of drug-likeness (QED) is 0.241. The molecule has 4 aromatic carbocycles. The van der Waals surface area contributed by atoms with E-state index in [1.165, 1.54) is 44.5 Å². The summed E-state index contributed by atoms with van der Waals surface area (Å²) in [6, 6.07) is 30.9. The van der Waals surface area contributed by atoms with Gasteiger partial charge < -0.3 is 9.47 Å². The summed E-state index contributed by atoms with van der Waals surface area (Å²) in [5, 5.41) is 0. The Bertz CT molecular complexity index is 1570. The van der Waals surface area contributed by atoms with Gasteiger partial charge in [-0.15, -0.1) is 0 Å². The third-order valence-corrected chi connectivity index (χ3v) is 7.92. The maximum absolute atomic E-state index is 6.66. The number of ether oxygens (including phenoxy) is 2. The van der Waals surface area contributed by atoms with Gasteiger partial charge in [-0.25, -0.2) is 0 Å². The number of hydrogen-bond donors (Lipinski definition) is 0. The van der Waals surface area contributed by atoms with Crippen LogP contribution in [0.2, 0.25) is 0 Å². The van der Waals surface area contributed by atoms with Crippen LogP contribution in [0.3, 0.4) is 0 Å². The zero-order valence-corrected chi connectivity index (χ0v) is 18.9. The van der Waals surface area contributed by atoms with Gasteiger partial charge in [-0.05, 0) is 64.4 Å². The predicted molar refractivity (Wildman–Crippen MR) is 134 cm³/mol. The maximum Gasteiger partial charge on any atom is 0.178 e. The molecular formula is C32H22O2. The van der Waals surface area contributed by atoms with Crippen molar-refractivity contribution in [3.8, 4) is 33.8 Å². The molecule has 3 aliphatic carbocycles. The Labute approximate surface area is 198 Å². The minimum atomic E-state index is -0.357. The van der Waals surface area contributed by atoms with Gasteiger partial charge in [0, 0.05) is 12.0 Å². The molecule has 34 heavy (non-hydrogen) atoms. The summed E-state index contributed by atoms with van der Waals surface area (Å²) in [6.07, 6.45) is 4.04. The van der Waals surface area contributed by atoms with Crippen LogP contribution in [0.25, 0.3) is 22.3 Å². The monoisotopic (exact) mass is 438 g/mol. The number of fused-ring (bicyclic) bond motifs is 12. The van der Waals surface area contributed by atoms with Gasteiger partial charge in [0.2, 0.25) is 0 Å². The Balaban J connectivity index is 1.48. The molecule has 1 heterocycles. The van der Waals surface area contributed by atoms with Gasteiger partial charge in [-0.1, -0.05) is 84.4 Å². The molecule has 1 aliphatic heterocycles. The molecule has 0 saturated heterocycles. The minimum absolute atomic E-state index is 0.357. The van der Waals surface area contributed by atoms with Crippen molar-refractivity contribution in [3.05, 3.63) is 130 Å². The second-order valence-electron chi connectivity index (χ2n) is 9.68. The van der Waals surface area contributed by atoms with Gasteiger partial charge in [-0.2, -0.15) is 0 Å². The van der Waals surface area contributed by atoms with Gasteiger partial charge in [0.25, 0.3) is 0 Å². The highest BCUT2D eigenvalue weighted by atomic mass is 16.6. The van der Waals surface area contributed by atoms with E-state index >= 15 is 0 Å². The molecule has 0 aromatic heterocycles. The van der Waals surface area contributed by atoms with E-state index in [9.17, 15) is 0 Å². The van der Waals surface area contributed by atoms with Crippen molar-refractivity contribution in [1.29, 1.82) is 0 Å². The molecule has 8 rings (SSSR count). The first-order valence-electron chi connectivity index (χ1n) is 12.0. The predicted octanol–water partition coefficient (Wildman–Crippen LogP) is 7.75. The fourth-order valence-corrected chi connectivity index (χ4v) is 6.55. The van der Waals surface area contributed by atoms with E-state index in [1.807, 2.05) is 0 Å². The molecule has 4 aliphatic rings. The second-order valence-corrected chi connectivity index (χ2v) is 9.68. The lowest BCUT2D eigenvalue weighted by atomic mass is 9.70. The summed E-state index contributed by atoms with van der Waals surface area (Å²) >= 11 is 0. The minimum Gasteiger partial charge on any atom is -0.454 e. The van der Waals surface area contributed by atoms with Gasteiger partial charge in [0.1, 0.15) is 5.76 Å². The van der Waals surface area contributed by atoms with Gasteiger partial charge in [0.05, 0.1) is 5.41 Å². The SMILES string of the molecule is CC1=CC2=C(CC1)Oc1ccc3c(c1O2)-c1ccccc1C31c2ccccc2-c2ccccc21. The summed E-state index contributed by atoms with van der Waals surface area (Å²) < 4.78 is 13.1. The van der Waals surface area contributed by atoms with Crippen LogP contribution in [0.15, 0.2) is 108 Å². The van der Waals surface area contributed by atoms with Gasteiger partial charge in [0.15, 0.2) is 17.3 Å². The fraction of sp³-hybridized carbons (Fsp3) is 0.125. The van der Waals surface area contributed by atoms with Crippen LogP contribution in [0.1, 0.15) is 42.0 Å². The Morgan fingerprint density at radius 1 is 0.618 bits per heavy atom. The van der Waals surface area contributed by atoms with Crippen molar-refractivity contribution < 1.29 is 9.47 Å². The maximum atomic E-state index is 6.66. The van der Waals surface area contributed by atoms with Crippen LogP contribution in [-0.4, -0.2) is 0 Å². The highest BCUT2D eigenvalue weighted by Gasteiger charge is 2.53.